The highest BCUT2D eigenvalue weighted by molar-refractivity contribution is 5.81. The molecule has 2 heterocycles. The van der Waals surface area contributed by atoms with E-state index < -0.39 is 0 Å². The van der Waals surface area contributed by atoms with Crippen molar-refractivity contribution in [3.05, 3.63) is 30.5 Å². The second-order valence-corrected chi connectivity index (χ2v) is 5.81. The van der Waals surface area contributed by atoms with Crippen LogP contribution in [0.15, 0.2) is 30.5 Å². The van der Waals surface area contributed by atoms with Crippen LogP contribution in [-0.4, -0.2) is 60.7 Å². The standard InChI is InChI=1S/C17H25N3O/c1-3-21-16-4-5-17-15(14-16)6-7-20(17)13-12-19-10-8-18(2)9-11-19/h4-7,14H,3,8-13H2,1-2H3. The molecule has 0 N–H and O–H groups in total. The van der Waals surface area contributed by atoms with E-state index in [1.807, 2.05) is 6.92 Å². The van der Waals surface area contributed by atoms with Gasteiger partial charge in [0.25, 0.3) is 0 Å². The molecule has 0 aliphatic carbocycles. The monoisotopic (exact) mass is 287 g/mol. The number of aromatic nitrogens is 1. The molecule has 0 saturated carbocycles. The maximum atomic E-state index is 5.57. The van der Waals surface area contributed by atoms with Crippen molar-refractivity contribution in [2.75, 3.05) is 46.4 Å². The molecule has 2 aromatic rings. The maximum absolute atomic E-state index is 5.57. The molecule has 0 bridgehead atoms. The lowest BCUT2D eigenvalue weighted by Crippen LogP contribution is -2.45. The lowest BCUT2D eigenvalue weighted by molar-refractivity contribution is 0.150. The number of ether oxygens (including phenoxy) is 1. The van der Waals surface area contributed by atoms with Crippen LogP contribution >= 0.6 is 0 Å². The molecule has 1 saturated heterocycles. The topological polar surface area (TPSA) is 20.6 Å². The number of likely N-dealkylation sites (N-methyl/N-ethyl adjacent to an activating group) is 1. The van der Waals surface area contributed by atoms with Crippen LogP contribution in [0.25, 0.3) is 10.9 Å². The number of nitrogens with zero attached hydrogens (tertiary/aromatic N) is 3. The van der Waals surface area contributed by atoms with Crippen LogP contribution in [0.1, 0.15) is 6.92 Å². The molecule has 0 unspecified atom stereocenters. The van der Waals surface area contributed by atoms with Crippen LogP contribution in [-0.2, 0) is 6.54 Å². The molecule has 4 nitrogen and oxygen atoms in total. The van der Waals surface area contributed by atoms with Gasteiger partial charge in [-0.15, -0.1) is 0 Å². The molecule has 4 heteroatoms. The van der Waals surface area contributed by atoms with E-state index in [1.165, 1.54) is 37.1 Å². The first kappa shape index (κ1) is 14.4. The summed E-state index contributed by atoms with van der Waals surface area (Å²) in [5.41, 5.74) is 1.30. The summed E-state index contributed by atoms with van der Waals surface area (Å²) >= 11 is 0. The summed E-state index contributed by atoms with van der Waals surface area (Å²) in [6.45, 7) is 9.66. The van der Waals surface area contributed by atoms with Crippen LogP contribution in [0.3, 0.4) is 0 Å². The molecule has 0 radical (unpaired) electrons. The zero-order chi connectivity index (χ0) is 14.7. The summed E-state index contributed by atoms with van der Waals surface area (Å²) in [5.74, 6) is 0.960. The van der Waals surface area contributed by atoms with Gasteiger partial charge in [-0.05, 0) is 38.2 Å². The van der Waals surface area contributed by atoms with Crippen molar-refractivity contribution in [3.63, 3.8) is 0 Å². The summed E-state index contributed by atoms with van der Waals surface area (Å²) in [5, 5.41) is 1.26. The Morgan fingerprint density at radius 2 is 1.86 bits per heavy atom. The Morgan fingerprint density at radius 1 is 1.05 bits per heavy atom. The van der Waals surface area contributed by atoms with Crippen molar-refractivity contribution in [2.24, 2.45) is 0 Å². The van der Waals surface area contributed by atoms with Crippen molar-refractivity contribution >= 4 is 10.9 Å². The van der Waals surface area contributed by atoms with Gasteiger partial charge in [-0.25, -0.2) is 0 Å². The van der Waals surface area contributed by atoms with Crippen LogP contribution < -0.4 is 4.74 Å². The van der Waals surface area contributed by atoms with E-state index in [4.69, 9.17) is 4.74 Å². The van der Waals surface area contributed by atoms with Gasteiger partial charge in [0.15, 0.2) is 0 Å². The van der Waals surface area contributed by atoms with Gasteiger partial charge in [0.1, 0.15) is 5.75 Å². The summed E-state index contributed by atoms with van der Waals surface area (Å²) in [7, 11) is 2.20. The fourth-order valence-corrected chi connectivity index (χ4v) is 2.95. The Labute approximate surface area is 126 Å². The van der Waals surface area contributed by atoms with Crippen molar-refractivity contribution in [1.82, 2.24) is 14.4 Å². The quantitative estimate of drug-likeness (QED) is 0.842. The largest absolute Gasteiger partial charge is 0.494 e. The predicted molar refractivity (Wildman–Crippen MR) is 87.0 cm³/mol. The molecule has 1 aromatic carbocycles. The van der Waals surface area contributed by atoms with E-state index in [1.54, 1.807) is 0 Å². The Bertz CT molecular complexity index is 585. The first-order valence-corrected chi connectivity index (χ1v) is 7.89. The van der Waals surface area contributed by atoms with Crippen LogP contribution in [0.2, 0.25) is 0 Å². The van der Waals surface area contributed by atoms with Gasteiger partial charge < -0.3 is 14.2 Å². The number of rotatable bonds is 5. The molecule has 1 fully saturated rings. The van der Waals surface area contributed by atoms with Gasteiger partial charge in [-0.3, -0.25) is 4.90 Å². The Hall–Kier alpha value is -1.52. The number of piperazine rings is 1. The molecule has 1 aliphatic rings. The van der Waals surface area contributed by atoms with Crippen LogP contribution in [0, 0.1) is 0 Å². The summed E-state index contributed by atoms with van der Waals surface area (Å²) in [6, 6.07) is 8.55. The highest BCUT2D eigenvalue weighted by Gasteiger charge is 2.13. The van der Waals surface area contributed by atoms with E-state index in [-0.39, 0.29) is 0 Å². The third-order valence-corrected chi connectivity index (χ3v) is 4.31. The minimum atomic E-state index is 0.718. The lowest BCUT2D eigenvalue weighted by Gasteiger charge is -2.32. The van der Waals surface area contributed by atoms with Crippen molar-refractivity contribution < 1.29 is 4.74 Å². The highest BCUT2D eigenvalue weighted by Crippen LogP contribution is 2.22. The Kier molecular flexibility index (Phi) is 4.46. The van der Waals surface area contributed by atoms with E-state index in [2.05, 4.69) is 51.9 Å². The smallest absolute Gasteiger partial charge is 0.120 e. The predicted octanol–water partition coefficient (Wildman–Crippen LogP) is 2.29. The molecule has 0 spiro atoms. The first-order chi connectivity index (χ1) is 10.3. The average molecular weight is 287 g/mol. The van der Waals surface area contributed by atoms with Crippen molar-refractivity contribution in [2.45, 2.75) is 13.5 Å². The minimum Gasteiger partial charge on any atom is -0.494 e. The summed E-state index contributed by atoms with van der Waals surface area (Å²) < 4.78 is 7.92. The summed E-state index contributed by atoms with van der Waals surface area (Å²) in [4.78, 5) is 4.96. The second kappa shape index (κ2) is 6.50. The van der Waals surface area contributed by atoms with Crippen LogP contribution in [0.5, 0.6) is 5.75 Å². The SMILES string of the molecule is CCOc1ccc2c(ccn2CCN2CCN(C)CC2)c1. The molecular formula is C17H25N3O. The van der Waals surface area contributed by atoms with Gasteiger partial charge in [0, 0.05) is 56.4 Å². The van der Waals surface area contributed by atoms with Crippen LogP contribution in [0.4, 0.5) is 0 Å². The van der Waals surface area contributed by atoms with Crippen molar-refractivity contribution in [1.29, 1.82) is 0 Å². The normalized spacial score (nSPS) is 17.4. The molecule has 3 rings (SSSR count). The number of hydrogen-bond donors (Lipinski definition) is 0. The highest BCUT2D eigenvalue weighted by atomic mass is 16.5. The maximum Gasteiger partial charge on any atom is 0.120 e. The second-order valence-electron chi connectivity index (χ2n) is 5.81. The molecule has 0 amide bonds. The number of hydrogen-bond acceptors (Lipinski definition) is 3. The van der Waals surface area contributed by atoms with Gasteiger partial charge in [-0.1, -0.05) is 0 Å². The van der Waals surface area contributed by atoms with Gasteiger partial charge in [0.05, 0.1) is 6.61 Å². The van der Waals surface area contributed by atoms with E-state index in [9.17, 15) is 0 Å². The molecule has 114 valence electrons. The molecule has 1 aliphatic heterocycles. The van der Waals surface area contributed by atoms with Gasteiger partial charge >= 0.3 is 0 Å². The van der Waals surface area contributed by atoms with E-state index >= 15 is 0 Å². The molecule has 0 atom stereocenters. The van der Waals surface area contributed by atoms with Gasteiger partial charge in [0.2, 0.25) is 0 Å². The van der Waals surface area contributed by atoms with Gasteiger partial charge in [-0.2, -0.15) is 0 Å². The number of fused-ring (bicyclic) bond motifs is 1. The third kappa shape index (κ3) is 3.39. The zero-order valence-electron chi connectivity index (χ0n) is 13.1. The first-order valence-electron chi connectivity index (χ1n) is 7.89. The zero-order valence-corrected chi connectivity index (χ0v) is 13.1. The molecular weight excluding hydrogens is 262 g/mol. The third-order valence-electron chi connectivity index (χ3n) is 4.31. The average Bonchev–Trinajstić information content (AvgIpc) is 2.89. The van der Waals surface area contributed by atoms with E-state index in [0.29, 0.717) is 0 Å². The lowest BCUT2D eigenvalue weighted by atomic mass is 10.2. The fraction of sp³-hybridized carbons (Fsp3) is 0.529. The molecule has 1 aromatic heterocycles. The number of benzene rings is 1. The summed E-state index contributed by atoms with van der Waals surface area (Å²) in [6.07, 6.45) is 2.19. The Balaban J connectivity index is 1.64. The fourth-order valence-electron chi connectivity index (χ4n) is 2.95. The minimum absolute atomic E-state index is 0.718. The Morgan fingerprint density at radius 3 is 2.62 bits per heavy atom. The molecule has 21 heavy (non-hydrogen) atoms. The van der Waals surface area contributed by atoms with Crippen molar-refractivity contribution in [3.8, 4) is 5.75 Å². The van der Waals surface area contributed by atoms with E-state index in [0.717, 1.165) is 25.4 Å².